The number of rotatable bonds is 6. The van der Waals surface area contributed by atoms with Crippen molar-refractivity contribution in [3.63, 3.8) is 0 Å². The molecule has 3 aromatic heterocycles. The van der Waals surface area contributed by atoms with Crippen molar-refractivity contribution in [1.82, 2.24) is 15.3 Å². The molecule has 10 heteroatoms. The smallest absolute Gasteiger partial charge is 0.253 e. The molecule has 1 aromatic carbocycles. The third-order valence-electron chi connectivity index (χ3n) is 8.13. The number of carbonyl (C=O) groups is 1. The Balaban J connectivity index is 1.19. The SMILES string of the molecule is COc1cc(C(=O)NC2C3COCC32)cnc1-c1cc2nccc(-c3ccc(N4CC[C@H](F)C4)c(C#N)c3)c2o1. The van der Waals surface area contributed by atoms with Gasteiger partial charge in [0.05, 0.1) is 37.1 Å². The fraction of sp³-hybridized carbons (Fsp3) is 0.333. The maximum absolute atomic E-state index is 13.8. The van der Waals surface area contributed by atoms with Crippen molar-refractivity contribution in [2.75, 3.05) is 38.3 Å². The highest BCUT2D eigenvalue weighted by Crippen LogP contribution is 2.44. The zero-order chi connectivity index (χ0) is 27.4. The van der Waals surface area contributed by atoms with Crippen LogP contribution in [0.5, 0.6) is 5.75 Å². The molecule has 9 nitrogen and oxygen atoms in total. The van der Waals surface area contributed by atoms with E-state index in [0.717, 1.165) is 16.8 Å². The molecule has 2 saturated heterocycles. The van der Waals surface area contributed by atoms with Gasteiger partial charge in [0.15, 0.2) is 11.3 Å². The number of anilines is 1. The first kappa shape index (κ1) is 24.5. The summed E-state index contributed by atoms with van der Waals surface area (Å²) in [4.78, 5) is 23.7. The van der Waals surface area contributed by atoms with Crippen LogP contribution in [-0.2, 0) is 4.74 Å². The third-order valence-corrected chi connectivity index (χ3v) is 8.13. The topological polar surface area (TPSA) is 114 Å². The number of pyridine rings is 2. The first-order chi connectivity index (χ1) is 19.5. The molecule has 1 N–H and O–H groups in total. The van der Waals surface area contributed by atoms with Gasteiger partial charge in [-0.05, 0) is 36.2 Å². The van der Waals surface area contributed by atoms with Crippen molar-refractivity contribution in [3.05, 3.63) is 59.9 Å². The molecule has 1 saturated carbocycles. The van der Waals surface area contributed by atoms with E-state index in [4.69, 9.17) is 13.9 Å². The number of furan rings is 1. The lowest BCUT2D eigenvalue weighted by Gasteiger charge is -2.19. The van der Waals surface area contributed by atoms with Crippen LogP contribution in [0.2, 0.25) is 0 Å². The minimum atomic E-state index is -0.880. The van der Waals surface area contributed by atoms with E-state index >= 15 is 0 Å². The number of nitrogens with one attached hydrogen (secondary N) is 1. The number of hydrogen-bond donors (Lipinski definition) is 1. The molecule has 2 unspecified atom stereocenters. The van der Waals surface area contributed by atoms with Crippen molar-refractivity contribution >= 4 is 22.7 Å². The molecule has 5 heterocycles. The Morgan fingerprint density at radius 1 is 1.20 bits per heavy atom. The van der Waals surface area contributed by atoms with E-state index in [1.165, 1.54) is 13.3 Å². The Bertz CT molecular complexity index is 1670. The van der Waals surface area contributed by atoms with Crippen LogP contribution in [0, 0.1) is 23.2 Å². The van der Waals surface area contributed by atoms with Crippen molar-refractivity contribution in [3.8, 4) is 34.4 Å². The van der Waals surface area contributed by atoms with Crippen molar-refractivity contribution in [1.29, 1.82) is 5.26 Å². The summed E-state index contributed by atoms with van der Waals surface area (Å²) >= 11 is 0. The van der Waals surface area contributed by atoms with Crippen molar-refractivity contribution < 1.29 is 23.1 Å². The van der Waals surface area contributed by atoms with Gasteiger partial charge >= 0.3 is 0 Å². The van der Waals surface area contributed by atoms with Crippen LogP contribution < -0.4 is 15.0 Å². The number of methoxy groups -OCH3 is 1. The number of hydrogen-bond acceptors (Lipinski definition) is 8. The Morgan fingerprint density at radius 2 is 2.05 bits per heavy atom. The van der Waals surface area contributed by atoms with Gasteiger partial charge in [0.1, 0.15) is 29.2 Å². The second-order valence-electron chi connectivity index (χ2n) is 10.5. The minimum Gasteiger partial charge on any atom is -0.494 e. The van der Waals surface area contributed by atoms with Gasteiger partial charge in [0.25, 0.3) is 5.91 Å². The lowest BCUT2D eigenvalue weighted by Crippen LogP contribution is -2.30. The maximum atomic E-state index is 13.8. The van der Waals surface area contributed by atoms with Crippen LogP contribution in [0.4, 0.5) is 10.1 Å². The van der Waals surface area contributed by atoms with Gasteiger partial charge in [0, 0.05) is 55.0 Å². The van der Waals surface area contributed by atoms with Crippen LogP contribution in [-0.4, -0.2) is 61.5 Å². The monoisotopic (exact) mass is 539 g/mol. The van der Waals surface area contributed by atoms with Gasteiger partial charge < -0.3 is 24.1 Å². The zero-order valence-electron chi connectivity index (χ0n) is 21.8. The molecule has 4 aromatic rings. The zero-order valence-corrected chi connectivity index (χ0v) is 21.8. The first-order valence-electron chi connectivity index (χ1n) is 13.3. The Hall–Kier alpha value is -4.49. The quantitative estimate of drug-likeness (QED) is 0.385. The van der Waals surface area contributed by atoms with E-state index in [9.17, 15) is 14.4 Å². The number of carbonyl (C=O) groups excluding carboxylic acids is 1. The highest BCUT2D eigenvalue weighted by atomic mass is 19.1. The Morgan fingerprint density at radius 3 is 2.80 bits per heavy atom. The van der Waals surface area contributed by atoms with E-state index in [2.05, 4.69) is 21.4 Å². The minimum absolute atomic E-state index is 0.151. The summed E-state index contributed by atoms with van der Waals surface area (Å²) < 4.78 is 31.0. The molecular weight excluding hydrogens is 513 g/mol. The summed E-state index contributed by atoms with van der Waals surface area (Å²) in [5.41, 5.74) is 4.75. The van der Waals surface area contributed by atoms with Gasteiger partial charge in [-0.1, -0.05) is 6.07 Å². The molecule has 202 valence electrons. The molecule has 1 aliphatic carbocycles. The number of aromatic nitrogens is 2. The maximum Gasteiger partial charge on any atom is 0.253 e. The number of nitriles is 1. The van der Waals surface area contributed by atoms with Crippen LogP contribution in [0.1, 0.15) is 22.3 Å². The lowest BCUT2D eigenvalue weighted by molar-refractivity contribution is 0.0928. The standard InChI is InChI=1S/C30H26FN5O4/c1-38-25-9-18(30(37)35-27-21-14-39-15-22(21)27)12-34-28(25)26-10-23-29(40-26)20(4-6-33-23)16-2-3-24(17(8-16)11-32)36-7-5-19(31)13-36/h2-4,6,8-10,12,19,21-22,27H,5,7,13-15H2,1H3,(H,35,37)/t19-,21?,22?,27?/m0/s1. The number of nitrogens with zero attached hydrogens (tertiary/aromatic N) is 4. The molecule has 3 aliphatic rings. The summed E-state index contributed by atoms with van der Waals surface area (Å²) in [5, 5.41) is 12.9. The van der Waals surface area contributed by atoms with Gasteiger partial charge in [-0.3, -0.25) is 9.78 Å². The number of halogens is 1. The number of benzene rings is 1. The molecule has 0 spiro atoms. The van der Waals surface area contributed by atoms with E-state index in [1.807, 2.05) is 23.1 Å². The molecule has 3 atom stereocenters. The van der Waals surface area contributed by atoms with Crippen LogP contribution in [0.3, 0.4) is 0 Å². The fourth-order valence-electron chi connectivity index (χ4n) is 5.89. The van der Waals surface area contributed by atoms with E-state index in [-0.39, 0.29) is 11.9 Å². The lowest BCUT2D eigenvalue weighted by atomic mass is 10.0. The largest absolute Gasteiger partial charge is 0.494 e. The van der Waals surface area contributed by atoms with Gasteiger partial charge in [-0.25, -0.2) is 9.37 Å². The number of alkyl halides is 1. The molecule has 2 aliphatic heterocycles. The summed E-state index contributed by atoms with van der Waals surface area (Å²) in [5.74, 6) is 1.45. The molecule has 7 rings (SSSR count). The van der Waals surface area contributed by atoms with E-state index in [1.54, 1.807) is 24.4 Å². The molecular formula is C30H26FN5O4. The van der Waals surface area contributed by atoms with Crippen LogP contribution in [0.25, 0.3) is 33.7 Å². The normalized spacial score (nSPS) is 23.2. The third kappa shape index (κ3) is 4.14. The Kier molecular flexibility index (Phi) is 5.90. The predicted molar refractivity (Wildman–Crippen MR) is 145 cm³/mol. The van der Waals surface area contributed by atoms with E-state index in [0.29, 0.717) is 84.0 Å². The first-order valence-corrected chi connectivity index (χ1v) is 13.3. The molecule has 3 fully saturated rings. The summed E-state index contributed by atoms with van der Waals surface area (Å²) in [6.07, 6.45) is 2.78. The summed E-state index contributed by atoms with van der Waals surface area (Å²) in [7, 11) is 1.52. The number of amides is 1. The molecule has 1 amide bonds. The summed E-state index contributed by atoms with van der Waals surface area (Å²) in [6, 6.07) is 13.2. The second kappa shape index (κ2) is 9.61. The van der Waals surface area contributed by atoms with Gasteiger partial charge in [-0.2, -0.15) is 5.26 Å². The van der Waals surface area contributed by atoms with Crippen LogP contribution in [0.15, 0.2) is 53.2 Å². The van der Waals surface area contributed by atoms with Gasteiger partial charge in [0.2, 0.25) is 0 Å². The predicted octanol–water partition coefficient (Wildman–Crippen LogP) is 4.36. The number of fused-ring (bicyclic) bond motifs is 2. The van der Waals surface area contributed by atoms with Crippen molar-refractivity contribution in [2.24, 2.45) is 11.8 Å². The molecule has 40 heavy (non-hydrogen) atoms. The van der Waals surface area contributed by atoms with Crippen LogP contribution >= 0.6 is 0 Å². The second-order valence-corrected chi connectivity index (χ2v) is 10.5. The number of ether oxygens (including phenoxy) is 2. The highest BCUT2D eigenvalue weighted by molar-refractivity contribution is 5.96. The molecule has 0 radical (unpaired) electrons. The van der Waals surface area contributed by atoms with E-state index < -0.39 is 6.17 Å². The fourth-order valence-corrected chi connectivity index (χ4v) is 5.89. The van der Waals surface area contributed by atoms with Crippen molar-refractivity contribution in [2.45, 2.75) is 18.6 Å². The summed E-state index contributed by atoms with van der Waals surface area (Å²) in [6.45, 7) is 2.26. The highest BCUT2D eigenvalue weighted by Gasteiger charge is 2.54. The Labute approximate surface area is 229 Å². The average Bonchev–Trinajstić information content (AvgIpc) is 3.46. The van der Waals surface area contributed by atoms with Gasteiger partial charge in [-0.15, -0.1) is 0 Å². The molecule has 0 bridgehead atoms. The average molecular weight is 540 g/mol.